The van der Waals surface area contributed by atoms with E-state index in [-0.39, 0.29) is 12.5 Å². The summed E-state index contributed by atoms with van der Waals surface area (Å²) in [6.45, 7) is 3.39. The van der Waals surface area contributed by atoms with Crippen molar-refractivity contribution in [2.24, 2.45) is 0 Å². The number of ether oxygens (including phenoxy) is 2. The van der Waals surface area contributed by atoms with Gasteiger partial charge in [-0.25, -0.2) is 4.79 Å². The summed E-state index contributed by atoms with van der Waals surface area (Å²) in [6.07, 6.45) is 0.383. The highest BCUT2D eigenvalue weighted by molar-refractivity contribution is 7.10. The van der Waals surface area contributed by atoms with Crippen LogP contribution in [0, 0.1) is 0 Å². The van der Waals surface area contributed by atoms with Crippen LogP contribution in [-0.4, -0.2) is 36.7 Å². The number of fused-ring (bicyclic) bond motifs is 1. The Hall–Kier alpha value is -2.54. The van der Waals surface area contributed by atoms with Gasteiger partial charge >= 0.3 is 6.09 Å². The van der Waals surface area contributed by atoms with Gasteiger partial charge in [-0.05, 0) is 42.5 Å². The van der Waals surface area contributed by atoms with E-state index in [1.165, 1.54) is 10.4 Å². The largest absolute Gasteiger partial charge is 0.484 e. The van der Waals surface area contributed by atoms with Gasteiger partial charge in [0.25, 0.3) is 5.91 Å². The number of anilines is 1. The molecule has 0 unspecified atom stereocenters. The average molecular weight is 360 g/mol. The highest BCUT2D eigenvalue weighted by atomic mass is 32.1. The van der Waals surface area contributed by atoms with E-state index in [2.05, 4.69) is 16.8 Å². The summed E-state index contributed by atoms with van der Waals surface area (Å²) in [7, 11) is 0. The Morgan fingerprint density at radius 2 is 2.20 bits per heavy atom. The van der Waals surface area contributed by atoms with Crippen LogP contribution in [0.25, 0.3) is 0 Å². The second-order valence-electron chi connectivity index (χ2n) is 5.60. The highest BCUT2D eigenvalue weighted by Crippen LogP contribution is 2.24. The number of hydrogen-bond acceptors (Lipinski definition) is 5. The van der Waals surface area contributed by atoms with Gasteiger partial charge < -0.3 is 14.4 Å². The first kappa shape index (κ1) is 17.3. The fraction of sp³-hybridized carbons (Fsp3) is 0.333. The van der Waals surface area contributed by atoms with Crippen molar-refractivity contribution in [1.82, 2.24) is 4.90 Å². The number of thiophene rings is 1. The minimum absolute atomic E-state index is 0.0255. The Labute approximate surface area is 150 Å². The van der Waals surface area contributed by atoms with E-state index in [9.17, 15) is 9.59 Å². The topological polar surface area (TPSA) is 67.9 Å². The molecule has 0 radical (unpaired) electrons. The lowest BCUT2D eigenvalue weighted by atomic mass is 10.1. The zero-order chi connectivity index (χ0) is 17.6. The SMILES string of the molecule is CCOC(=O)Nc1cccc(OCC(=O)N2CCc3sccc3C2)c1. The fourth-order valence-electron chi connectivity index (χ4n) is 2.65. The van der Waals surface area contributed by atoms with Crippen LogP contribution in [0.3, 0.4) is 0 Å². The lowest BCUT2D eigenvalue weighted by Gasteiger charge is -2.27. The zero-order valence-corrected chi connectivity index (χ0v) is 14.8. The number of carbonyl (C=O) groups is 2. The van der Waals surface area contributed by atoms with Crippen LogP contribution in [0.2, 0.25) is 0 Å². The summed E-state index contributed by atoms with van der Waals surface area (Å²) < 4.78 is 10.4. The van der Waals surface area contributed by atoms with E-state index in [4.69, 9.17) is 9.47 Å². The van der Waals surface area contributed by atoms with Gasteiger partial charge in [-0.2, -0.15) is 0 Å². The number of nitrogens with one attached hydrogen (secondary N) is 1. The lowest BCUT2D eigenvalue weighted by Crippen LogP contribution is -2.38. The first-order chi connectivity index (χ1) is 12.2. The van der Waals surface area contributed by atoms with Crippen LogP contribution in [0.5, 0.6) is 5.75 Å². The van der Waals surface area contributed by atoms with Crippen molar-refractivity contribution in [2.75, 3.05) is 25.1 Å². The van der Waals surface area contributed by atoms with E-state index >= 15 is 0 Å². The molecule has 2 aromatic rings. The van der Waals surface area contributed by atoms with Crippen molar-refractivity contribution in [3.8, 4) is 5.75 Å². The van der Waals surface area contributed by atoms with Gasteiger partial charge in [0.05, 0.1) is 6.61 Å². The smallest absolute Gasteiger partial charge is 0.411 e. The van der Waals surface area contributed by atoms with Crippen molar-refractivity contribution in [1.29, 1.82) is 0 Å². The number of hydrogen-bond donors (Lipinski definition) is 1. The van der Waals surface area contributed by atoms with Crippen LogP contribution in [0.4, 0.5) is 10.5 Å². The quantitative estimate of drug-likeness (QED) is 0.888. The monoisotopic (exact) mass is 360 g/mol. The van der Waals surface area contributed by atoms with Crippen molar-refractivity contribution < 1.29 is 19.1 Å². The van der Waals surface area contributed by atoms with E-state index in [1.54, 1.807) is 42.5 Å². The predicted molar refractivity (Wildman–Crippen MR) is 96.0 cm³/mol. The molecule has 0 fully saturated rings. The lowest BCUT2D eigenvalue weighted by molar-refractivity contribution is -0.134. The Kier molecular flexibility index (Phi) is 5.55. The zero-order valence-electron chi connectivity index (χ0n) is 14.0. The summed E-state index contributed by atoms with van der Waals surface area (Å²) in [4.78, 5) is 27.0. The Balaban J connectivity index is 1.53. The van der Waals surface area contributed by atoms with Crippen LogP contribution < -0.4 is 10.1 Å². The van der Waals surface area contributed by atoms with Crippen molar-refractivity contribution >= 4 is 29.0 Å². The molecule has 1 aromatic carbocycles. The number of nitrogens with zero attached hydrogens (tertiary/aromatic N) is 1. The van der Waals surface area contributed by atoms with E-state index in [0.29, 0.717) is 24.6 Å². The minimum Gasteiger partial charge on any atom is -0.484 e. The maximum Gasteiger partial charge on any atom is 0.411 e. The molecule has 6 nitrogen and oxygen atoms in total. The Morgan fingerprint density at radius 3 is 3.04 bits per heavy atom. The van der Waals surface area contributed by atoms with Crippen molar-refractivity contribution in [3.63, 3.8) is 0 Å². The second kappa shape index (κ2) is 8.02. The molecule has 1 aromatic heterocycles. The number of rotatable bonds is 5. The standard InChI is InChI=1S/C18H20N2O4S/c1-2-23-18(22)19-14-4-3-5-15(10-14)24-12-17(21)20-8-6-16-13(11-20)7-9-25-16/h3-5,7,9-10H,2,6,8,11-12H2,1H3,(H,19,22). The summed E-state index contributed by atoms with van der Waals surface area (Å²) in [5, 5.41) is 4.67. The molecular formula is C18H20N2O4S. The minimum atomic E-state index is -0.518. The van der Waals surface area contributed by atoms with Crippen LogP contribution in [0.1, 0.15) is 17.4 Å². The van der Waals surface area contributed by atoms with Crippen LogP contribution in [-0.2, 0) is 22.5 Å². The molecule has 0 bridgehead atoms. The molecule has 2 heterocycles. The second-order valence-corrected chi connectivity index (χ2v) is 6.60. The van der Waals surface area contributed by atoms with E-state index in [1.807, 2.05) is 4.90 Å². The van der Waals surface area contributed by atoms with Crippen LogP contribution in [0.15, 0.2) is 35.7 Å². The third kappa shape index (κ3) is 4.51. The highest BCUT2D eigenvalue weighted by Gasteiger charge is 2.21. The van der Waals surface area contributed by atoms with Crippen molar-refractivity contribution in [3.05, 3.63) is 46.2 Å². The molecule has 0 atom stereocenters. The first-order valence-corrected chi connectivity index (χ1v) is 9.03. The molecule has 0 spiro atoms. The summed E-state index contributed by atoms with van der Waals surface area (Å²) in [6, 6.07) is 8.97. The molecule has 25 heavy (non-hydrogen) atoms. The predicted octanol–water partition coefficient (Wildman–Crippen LogP) is 3.28. The molecule has 132 valence electrons. The van der Waals surface area contributed by atoms with Gasteiger partial charge in [-0.3, -0.25) is 10.1 Å². The molecule has 1 N–H and O–H groups in total. The number of benzene rings is 1. The normalized spacial score (nSPS) is 13.1. The molecule has 7 heteroatoms. The maximum absolute atomic E-state index is 12.4. The van der Waals surface area contributed by atoms with Gasteiger partial charge in [0.1, 0.15) is 5.75 Å². The molecule has 3 rings (SSSR count). The van der Waals surface area contributed by atoms with Gasteiger partial charge in [0.15, 0.2) is 6.61 Å². The summed E-state index contributed by atoms with van der Waals surface area (Å²) in [5.41, 5.74) is 1.79. The molecular weight excluding hydrogens is 340 g/mol. The molecule has 2 amide bonds. The first-order valence-electron chi connectivity index (χ1n) is 8.15. The maximum atomic E-state index is 12.4. The van der Waals surface area contributed by atoms with E-state index < -0.39 is 6.09 Å². The van der Waals surface area contributed by atoms with Gasteiger partial charge in [0.2, 0.25) is 0 Å². The van der Waals surface area contributed by atoms with Gasteiger partial charge in [-0.15, -0.1) is 11.3 Å². The molecule has 0 saturated heterocycles. The summed E-state index contributed by atoms with van der Waals surface area (Å²) in [5.74, 6) is 0.483. The molecule has 0 saturated carbocycles. The third-order valence-corrected chi connectivity index (χ3v) is 4.90. The van der Waals surface area contributed by atoms with Crippen molar-refractivity contribution in [2.45, 2.75) is 19.9 Å². The average Bonchev–Trinajstić information content (AvgIpc) is 3.08. The number of carbonyl (C=O) groups excluding carboxylic acids is 2. The molecule has 1 aliphatic heterocycles. The third-order valence-electron chi connectivity index (χ3n) is 3.88. The number of amides is 2. The summed E-state index contributed by atoms with van der Waals surface area (Å²) >= 11 is 1.75. The van der Waals surface area contributed by atoms with Gasteiger partial charge in [0, 0.05) is 29.7 Å². The molecule has 1 aliphatic rings. The Bertz CT molecular complexity index is 759. The van der Waals surface area contributed by atoms with E-state index in [0.717, 1.165) is 13.0 Å². The van der Waals surface area contributed by atoms with Gasteiger partial charge in [-0.1, -0.05) is 6.07 Å². The molecule has 0 aliphatic carbocycles. The Morgan fingerprint density at radius 1 is 1.32 bits per heavy atom. The fourth-order valence-corrected chi connectivity index (χ4v) is 3.54. The van der Waals surface area contributed by atoms with Crippen LogP contribution >= 0.6 is 11.3 Å².